The smallest absolute Gasteiger partial charge is 0.486 e. The van der Waals surface area contributed by atoms with E-state index in [-0.39, 0.29) is 12.4 Å². The lowest BCUT2D eigenvalue weighted by molar-refractivity contribution is 0.290. The fourth-order valence-electron chi connectivity index (χ4n) is 1.57. The fourth-order valence-corrected chi connectivity index (χ4v) is 1.57. The van der Waals surface area contributed by atoms with Gasteiger partial charge in [0.1, 0.15) is 6.61 Å². The zero-order valence-electron chi connectivity index (χ0n) is 9.82. The molecule has 0 spiro atoms. The topological polar surface area (TPSA) is 9.23 Å². The van der Waals surface area contributed by atoms with Gasteiger partial charge in [-0.15, -0.1) is 5.46 Å². The first-order valence-corrected chi connectivity index (χ1v) is 5.63. The normalized spacial score (nSPS) is 11.4. The lowest BCUT2D eigenvalue weighted by Crippen LogP contribution is -2.34. The molecule has 2 aromatic rings. The Bertz CT molecular complexity index is 554. The second-order valence-corrected chi connectivity index (χ2v) is 4.04. The summed E-state index contributed by atoms with van der Waals surface area (Å²) in [4.78, 5) is 0. The number of ether oxygens (including phenoxy) is 1. The third-order valence-electron chi connectivity index (χ3n) is 2.57. The second kappa shape index (κ2) is 5.34. The Morgan fingerprint density at radius 2 is 1.63 bits per heavy atom. The SMILES string of the molecule is Fc1ccc([B-](F)(F)F)cc1OCc1ccccc1. The summed E-state index contributed by atoms with van der Waals surface area (Å²) in [6.45, 7) is -5.14. The summed E-state index contributed by atoms with van der Waals surface area (Å²) in [5, 5.41) is 0. The van der Waals surface area contributed by atoms with Crippen molar-refractivity contribution in [2.24, 2.45) is 0 Å². The van der Waals surface area contributed by atoms with Gasteiger partial charge < -0.3 is 17.7 Å². The fraction of sp³-hybridized carbons (Fsp3) is 0.0769. The highest BCUT2D eigenvalue weighted by molar-refractivity contribution is 6.73. The van der Waals surface area contributed by atoms with Crippen LogP contribution in [0.5, 0.6) is 5.75 Å². The van der Waals surface area contributed by atoms with Crippen LogP contribution in [0.4, 0.5) is 17.3 Å². The third kappa shape index (κ3) is 3.50. The lowest BCUT2D eigenvalue weighted by atomic mass is 9.80. The zero-order chi connectivity index (χ0) is 13.9. The summed E-state index contributed by atoms with van der Waals surface area (Å²) in [6.07, 6.45) is 0. The quantitative estimate of drug-likeness (QED) is 0.610. The van der Waals surface area contributed by atoms with Crippen molar-refractivity contribution in [3.8, 4) is 5.75 Å². The van der Waals surface area contributed by atoms with Gasteiger partial charge in [0.15, 0.2) is 11.6 Å². The first-order valence-electron chi connectivity index (χ1n) is 5.63. The molecule has 0 aromatic heterocycles. The predicted octanol–water partition coefficient (Wildman–Crippen LogP) is 3.46. The van der Waals surface area contributed by atoms with Gasteiger partial charge >= 0.3 is 6.98 Å². The van der Waals surface area contributed by atoms with Gasteiger partial charge in [-0.3, -0.25) is 0 Å². The van der Waals surface area contributed by atoms with Crippen molar-refractivity contribution in [3.05, 3.63) is 59.9 Å². The Morgan fingerprint density at radius 3 is 2.26 bits per heavy atom. The van der Waals surface area contributed by atoms with Crippen LogP contribution in [-0.4, -0.2) is 6.98 Å². The van der Waals surface area contributed by atoms with Crippen LogP contribution < -0.4 is 10.2 Å². The van der Waals surface area contributed by atoms with E-state index in [4.69, 9.17) is 4.74 Å². The van der Waals surface area contributed by atoms with Crippen LogP contribution in [0, 0.1) is 5.82 Å². The summed E-state index contributed by atoms with van der Waals surface area (Å²) in [7, 11) is 0. The highest BCUT2D eigenvalue weighted by Gasteiger charge is 2.26. The molecule has 0 aliphatic carbocycles. The lowest BCUT2D eigenvalue weighted by Gasteiger charge is -2.16. The van der Waals surface area contributed by atoms with Crippen LogP contribution in [0.15, 0.2) is 48.5 Å². The van der Waals surface area contributed by atoms with Gasteiger partial charge in [0, 0.05) is 0 Å². The highest BCUT2D eigenvalue weighted by atomic mass is 19.4. The van der Waals surface area contributed by atoms with E-state index in [0.29, 0.717) is 12.1 Å². The van der Waals surface area contributed by atoms with Crippen molar-refractivity contribution in [1.29, 1.82) is 0 Å². The summed E-state index contributed by atoms with van der Waals surface area (Å²) >= 11 is 0. The van der Waals surface area contributed by atoms with Crippen molar-refractivity contribution in [2.45, 2.75) is 6.61 Å². The van der Waals surface area contributed by atoms with Crippen molar-refractivity contribution in [3.63, 3.8) is 0 Å². The van der Waals surface area contributed by atoms with Crippen LogP contribution in [0.2, 0.25) is 0 Å². The van der Waals surface area contributed by atoms with Crippen LogP contribution in [-0.2, 0) is 6.61 Å². The molecule has 2 aromatic carbocycles. The molecule has 0 aliphatic rings. The zero-order valence-corrected chi connectivity index (χ0v) is 9.82. The summed E-state index contributed by atoms with van der Waals surface area (Å²) in [6, 6.07) is 11.0. The number of rotatable bonds is 4. The maximum Gasteiger partial charge on any atom is 0.509 e. The highest BCUT2D eigenvalue weighted by Crippen LogP contribution is 2.19. The molecule has 0 saturated carbocycles. The summed E-state index contributed by atoms with van der Waals surface area (Å²) in [5.74, 6) is -1.19. The minimum Gasteiger partial charge on any atom is -0.486 e. The molecule has 0 N–H and O–H groups in total. The average molecular weight is 269 g/mol. The number of halogens is 4. The number of hydrogen-bond acceptors (Lipinski definition) is 1. The molecule has 2 rings (SSSR count). The van der Waals surface area contributed by atoms with Gasteiger partial charge in [0.05, 0.1) is 0 Å². The molecule has 0 saturated heterocycles. The Balaban J connectivity index is 2.16. The van der Waals surface area contributed by atoms with Gasteiger partial charge in [0.25, 0.3) is 0 Å². The standard InChI is InChI=1S/C13H10BF4O/c15-12-7-6-11(14(16,17)18)8-13(12)19-9-10-4-2-1-3-5-10/h1-8H,9H2/q-1. The molecule has 0 fully saturated rings. The monoisotopic (exact) mass is 269 g/mol. The van der Waals surface area contributed by atoms with E-state index in [1.165, 1.54) is 0 Å². The van der Waals surface area contributed by atoms with Crippen molar-refractivity contribution >= 4 is 12.4 Å². The van der Waals surface area contributed by atoms with Gasteiger partial charge in [0.2, 0.25) is 0 Å². The molecule has 0 amide bonds. The van der Waals surface area contributed by atoms with E-state index in [0.717, 1.165) is 11.6 Å². The number of benzene rings is 2. The summed E-state index contributed by atoms with van der Waals surface area (Å²) in [5.41, 5.74) is -0.116. The molecule has 0 aliphatic heterocycles. The maximum absolute atomic E-state index is 13.4. The first kappa shape index (κ1) is 13.5. The minimum absolute atomic E-state index is 0.0199. The molecule has 19 heavy (non-hydrogen) atoms. The molecular formula is C13H10BF4O-. The van der Waals surface area contributed by atoms with Crippen LogP contribution >= 0.6 is 0 Å². The van der Waals surface area contributed by atoms with Gasteiger partial charge in [-0.25, -0.2) is 4.39 Å². The molecule has 0 atom stereocenters. The number of hydrogen-bond donors (Lipinski definition) is 0. The van der Waals surface area contributed by atoms with Crippen molar-refractivity contribution in [2.75, 3.05) is 0 Å². The van der Waals surface area contributed by atoms with Crippen molar-refractivity contribution in [1.82, 2.24) is 0 Å². The molecular weight excluding hydrogens is 259 g/mol. The van der Waals surface area contributed by atoms with Crippen LogP contribution in [0.25, 0.3) is 0 Å². The van der Waals surface area contributed by atoms with E-state index < -0.39 is 18.3 Å². The van der Waals surface area contributed by atoms with E-state index in [1.54, 1.807) is 30.3 Å². The Hall–Kier alpha value is -1.98. The molecule has 6 heteroatoms. The Morgan fingerprint density at radius 1 is 0.947 bits per heavy atom. The van der Waals surface area contributed by atoms with E-state index in [2.05, 4.69) is 0 Å². The molecule has 1 nitrogen and oxygen atoms in total. The molecule has 0 radical (unpaired) electrons. The van der Waals surface area contributed by atoms with Gasteiger partial charge in [-0.05, 0) is 17.7 Å². The molecule has 0 bridgehead atoms. The Labute approximate surface area is 107 Å². The third-order valence-corrected chi connectivity index (χ3v) is 2.57. The predicted molar refractivity (Wildman–Crippen MR) is 65.9 cm³/mol. The molecule has 0 unspecified atom stereocenters. The average Bonchev–Trinajstić information content (AvgIpc) is 2.37. The largest absolute Gasteiger partial charge is 0.509 e. The van der Waals surface area contributed by atoms with Gasteiger partial charge in [-0.2, -0.15) is 0 Å². The van der Waals surface area contributed by atoms with Gasteiger partial charge in [-0.1, -0.05) is 36.4 Å². The Kier molecular flexibility index (Phi) is 3.78. The summed E-state index contributed by atoms with van der Waals surface area (Å²) < 4.78 is 56.1. The van der Waals surface area contributed by atoms with Crippen molar-refractivity contribution < 1.29 is 22.1 Å². The maximum atomic E-state index is 13.4. The minimum atomic E-state index is -5.16. The second-order valence-electron chi connectivity index (χ2n) is 4.04. The molecule has 0 heterocycles. The van der Waals surface area contributed by atoms with E-state index >= 15 is 0 Å². The molecule has 100 valence electrons. The van der Waals surface area contributed by atoms with Crippen LogP contribution in [0.3, 0.4) is 0 Å². The van der Waals surface area contributed by atoms with Crippen LogP contribution in [0.1, 0.15) is 5.56 Å². The van der Waals surface area contributed by atoms with E-state index in [1.807, 2.05) is 0 Å². The first-order chi connectivity index (χ1) is 8.97. The van der Waals surface area contributed by atoms with E-state index in [9.17, 15) is 17.3 Å².